The van der Waals surface area contributed by atoms with Gasteiger partial charge in [-0.1, -0.05) is 0 Å². The lowest BCUT2D eigenvalue weighted by molar-refractivity contribution is -0.126. The predicted molar refractivity (Wildman–Crippen MR) is 93.9 cm³/mol. The second-order valence-corrected chi connectivity index (χ2v) is 4.92. The number of carbonyl (C=O) groups is 2. The number of ether oxygens (including phenoxy) is 4. The zero-order valence-electron chi connectivity index (χ0n) is 14.4. The monoisotopic (exact) mass is 371 g/mol. The highest BCUT2D eigenvalue weighted by Gasteiger charge is 2.17. The molecular formula is C15H21N3O6S. The van der Waals surface area contributed by atoms with Gasteiger partial charge in [-0.05, 0) is 31.3 Å². The van der Waals surface area contributed by atoms with E-state index in [2.05, 4.69) is 16.2 Å². The van der Waals surface area contributed by atoms with Crippen molar-refractivity contribution in [1.82, 2.24) is 16.2 Å². The molecule has 0 aliphatic carbocycles. The smallest absolute Gasteiger partial charge is 0.264 e. The summed E-state index contributed by atoms with van der Waals surface area (Å²) >= 11 is 4.95. The van der Waals surface area contributed by atoms with Crippen molar-refractivity contribution < 1.29 is 28.5 Å². The van der Waals surface area contributed by atoms with E-state index in [1.54, 1.807) is 6.92 Å². The SMILES string of the molecule is CCOCC(=O)NNC(=S)NC(=O)c1cc(OC)c(OC)c(OC)c1. The summed E-state index contributed by atoms with van der Waals surface area (Å²) in [6.45, 7) is 2.06. The van der Waals surface area contributed by atoms with Crippen LogP contribution in [0.15, 0.2) is 12.1 Å². The molecule has 0 fully saturated rings. The molecule has 0 spiro atoms. The fourth-order valence-corrected chi connectivity index (χ4v) is 1.92. The van der Waals surface area contributed by atoms with E-state index in [0.717, 1.165) is 0 Å². The summed E-state index contributed by atoms with van der Waals surface area (Å²) in [4.78, 5) is 23.7. The van der Waals surface area contributed by atoms with Gasteiger partial charge in [-0.3, -0.25) is 25.8 Å². The van der Waals surface area contributed by atoms with Gasteiger partial charge in [0.25, 0.3) is 11.8 Å². The van der Waals surface area contributed by atoms with Crippen LogP contribution in [0, 0.1) is 0 Å². The Bertz CT molecular complexity index is 613. The number of hydrazine groups is 1. The molecule has 10 heteroatoms. The van der Waals surface area contributed by atoms with Crippen molar-refractivity contribution >= 4 is 29.1 Å². The lowest BCUT2D eigenvalue weighted by atomic mass is 10.1. The van der Waals surface area contributed by atoms with Crippen molar-refractivity contribution in [3.8, 4) is 17.2 Å². The Balaban J connectivity index is 2.73. The van der Waals surface area contributed by atoms with Crippen LogP contribution in [0.1, 0.15) is 17.3 Å². The molecule has 0 aliphatic rings. The van der Waals surface area contributed by atoms with E-state index in [-0.39, 0.29) is 17.3 Å². The van der Waals surface area contributed by atoms with Crippen LogP contribution in [-0.2, 0) is 9.53 Å². The second kappa shape index (κ2) is 10.3. The van der Waals surface area contributed by atoms with Crippen LogP contribution in [0.25, 0.3) is 0 Å². The topological polar surface area (TPSA) is 107 Å². The fraction of sp³-hybridized carbons (Fsp3) is 0.400. The number of carbonyl (C=O) groups excluding carboxylic acids is 2. The molecule has 0 bridgehead atoms. The fourth-order valence-electron chi connectivity index (χ4n) is 1.78. The number of amides is 2. The van der Waals surface area contributed by atoms with E-state index >= 15 is 0 Å². The van der Waals surface area contributed by atoms with Crippen molar-refractivity contribution in [2.24, 2.45) is 0 Å². The third-order valence-electron chi connectivity index (χ3n) is 2.91. The molecule has 25 heavy (non-hydrogen) atoms. The Morgan fingerprint density at radius 2 is 1.64 bits per heavy atom. The summed E-state index contributed by atoms with van der Waals surface area (Å²) in [5, 5.41) is 2.34. The molecule has 0 saturated heterocycles. The van der Waals surface area contributed by atoms with E-state index in [9.17, 15) is 9.59 Å². The van der Waals surface area contributed by atoms with Gasteiger partial charge >= 0.3 is 0 Å². The van der Waals surface area contributed by atoms with Gasteiger partial charge in [-0.15, -0.1) is 0 Å². The Morgan fingerprint density at radius 3 is 2.12 bits per heavy atom. The molecule has 0 radical (unpaired) electrons. The standard InChI is InChI=1S/C15H21N3O6S/c1-5-24-8-12(19)17-18-15(25)16-14(20)9-6-10(21-2)13(23-4)11(7-9)22-3/h6-7H,5,8H2,1-4H3,(H,17,19)(H2,16,18,20,25). The lowest BCUT2D eigenvalue weighted by Crippen LogP contribution is -2.49. The third kappa shape index (κ3) is 6.08. The maximum absolute atomic E-state index is 12.3. The minimum Gasteiger partial charge on any atom is -0.493 e. The van der Waals surface area contributed by atoms with Gasteiger partial charge in [0.2, 0.25) is 5.75 Å². The molecular weight excluding hydrogens is 350 g/mol. The molecule has 1 aromatic carbocycles. The van der Waals surface area contributed by atoms with Crippen molar-refractivity contribution in [1.29, 1.82) is 0 Å². The van der Waals surface area contributed by atoms with Gasteiger partial charge in [0, 0.05) is 12.2 Å². The zero-order chi connectivity index (χ0) is 18.8. The van der Waals surface area contributed by atoms with Crippen LogP contribution in [0.3, 0.4) is 0 Å². The van der Waals surface area contributed by atoms with Crippen molar-refractivity contribution in [3.63, 3.8) is 0 Å². The zero-order valence-corrected chi connectivity index (χ0v) is 15.2. The third-order valence-corrected chi connectivity index (χ3v) is 3.11. The minimum absolute atomic E-state index is 0.0800. The first-order chi connectivity index (χ1) is 12.0. The number of rotatable bonds is 7. The van der Waals surface area contributed by atoms with Gasteiger partial charge in [-0.2, -0.15) is 0 Å². The first-order valence-electron chi connectivity index (χ1n) is 7.24. The average Bonchev–Trinajstić information content (AvgIpc) is 2.63. The Labute approximate surface area is 150 Å². The minimum atomic E-state index is -0.518. The second-order valence-electron chi connectivity index (χ2n) is 4.51. The highest BCUT2D eigenvalue weighted by Crippen LogP contribution is 2.38. The number of thiocarbonyl (C=S) groups is 1. The predicted octanol–water partition coefficient (Wildman–Crippen LogP) is 0.384. The number of hydrogen-bond acceptors (Lipinski definition) is 7. The van der Waals surface area contributed by atoms with Crippen LogP contribution >= 0.6 is 12.2 Å². The van der Waals surface area contributed by atoms with Gasteiger partial charge in [0.05, 0.1) is 21.3 Å². The lowest BCUT2D eigenvalue weighted by Gasteiger charge is -2.14. The number of hydrogen-bond donors (Lipinski definition) is 3. The molecule has 1 rings (SSSR count). The summed E-state index contributed by atoms with van der Waals surface area (Å²) < 4.78 is 20.5. The average molecular weight is 371 g/mol. The Hall–Kier alpha value is -2.59. The summed E-state index contributed by atoms with van der Waals surface area (Å²) in [5.41, 5.74) is 4.94. The van der Waals surface area contributed by atoms with E-state index < -0.39 is 11.8 Å². The highest BCUT2D eigenvalue weighted by atomic mass is 32.1. The van der Waals surface area contributed by atoms with E-state index in [1.165, 1.54) is 33.5 Å². The molecule has 0 atom stereocenters. The Morgan fingerprint density at radius 1 is 1.04 bits per heavy atom. The van der Waals surface area contributed by atoms with Crippen LogP contribution < -0.4 is 30.4 Å². The van der Waals surface area contributed by atoms with Crippen molar-refractivity contribution in [2.45, 2.75) is 6.92 Å². The number of methoxy groups -OCH3 is 3. The molecule has 138 valence electrons. The summed E-state index contributed by atoms with van der Waals surface area (Å²) in [7, 11) is 4.35. The van der Waals surface area contributed by atoms with E-state index in [0.29, 0.717) is 23.9 Å². The van der Waals surface area contributed by atoms with Gasteiger partial charge in [-0.25, -0.2) is 0 Å². The van der Waals surface area contributed by atoms with E-state index in [1.807, 2.05) is 0 Å². The first kappa shape index (κ1) is 20.5. The quantitative estimate of drug-likeness (QED) is 0.467. The Kier molecular flexibility index (Phi) is 8.44. The largest absolute Gasteiger partial charge is 0.493 e. The number of nitrogens with one attached hydrogen (secondary N) is 3. The molecule has 0 saturated carbocycles. The maximum atomic E-state index is 12.3. The van der Waals surface area contributed by atoms with Crippen LogP contribution in [-0.4, -0.2) is 51.5 Å². The molecule has 0 heterocycles. The van der Waals surface area contributed by atoms with E-state index in [4.69, 9.17) is 31.2 Å². The molecule has 2 amide bonds. The summed E-state index contributed by atoms with van der Waals surface area (Å²) in [6, 6.07) is 2.96. The van der Waals surface area contributed by atoms with Crippen LogP contribution in [0.5, 0.6) is 17.2 Å². The normalized spacial score (nSPS) is 9.76. The van der Waals surface area contributed by atoms with Gasteiger partial charge in [0.1, 0.15) is 6.61 Å². The highest BCUT2D eigenvalue weighted by molar-refractivity contribution is 7.80. The van der Waals surface area contributed by atoms with Gasteiger partial charge in [0.15, 0.2) is 16.6 Å². The molecule has 0 aliphatic heterocycles. The van der Waals surface area contributed by atoms with Gasteiger partial charge < -0.3 is 18.9 Å². The molecule has 0 aromatic heterocycles. The molecule has 9 nitrogen and oxygen atoms in total. The van der Waals surface area contributed by atoms with Crippen molar-refractivity contribution in [2.75, 3.05) is 34.5 Å². The van der Waals surface area contributed by atoms with Crippen LogP contribution in [0.2, 0.25) is 0 Å². The van der Waals surface area contributed by atoms with Crippen molar-refractivity contribution in [3.05, 3.63) is 17.7 Å². The summed E-state index contributed by atoms with van der Waals surface area (Å²) in [6.07, 6.45) is 0. The molecule has 3 N–H and O–H groups in total. The van der Waals surface area contributed by atoms with Crippen LogP contribution in [0.4, 0.5) is 0 Å². The first-order valence-corrected chi connectivity index (χ1v) is 7.65. The number of benzene rings is 1. The molecule has 1 aromatic rings. The molecule has 0 unspecified atom stereocenters. The maximum Gasteiger partial charge on any atom is 0.264 e. The summed E-state index contributed by atoms with van der Waals surface area (Å²) in [5.74, 6) is 0.0827.